The number of fused-ring (bicyclic) bond motifs is 5. The van der Waals surface area contributed by atoms with Crippen LogP contribution in [0.15, 0.2) is 133 Å². The van der Waals surface area contributed by atoms with E-state index in [1.807, 2.05) is 0 Å². The maximum Gasteiger partial charge on any atom is 0.333 e. The molecule has 0 aromatic heterocycles. The van der Waals surface area contributed by atoms with Crippen LogP contribution in [0.1, 0.15) is 50.3 Å². The second-order valence-corrected chi connectivity index (χ2v) is 14.4. The summed E-state index contributed by atoms with van der Waals surface area (Å²) in [7, 11) is 0. The molecule has 0 radical (unpaired) electrons. The lowest BCUT2D eigenvalue weighted by atomic mass is 9.43. The van der Waals surface area contributed by atoms with Crippen LogP contribution in [-0.4, -0.2) is 6.85 Å². The highest BCUT2D eigenvalue weighted by Crippen LogP contribution is 2.48. The fraction of sp³-hybridized carbons (Fsp3) is 0.182. The van der Waals surface area contributed by atoms with Gasteiger partial charge in [-0.25, -0.2) is 0 Å². The molecule has 0 unspecified atom stereocenters. The number of nitrogens with zero attached hydrogens (tertiary/aromatic N) is 2. The molecule has 3 aliphatic rings. The second kappa shape index (κ2) is 10.8. The summed E-state index contributed by atoms with van der Waals surface area (Å²) in [6.07, 6.45) is 4.84. The van der Waals surface area contributed by atoms with Crippen molar-refractivity contribution in [2.45, 2.75) is 51.9 Å². The Bertz CT molecular complexity index is 2140. The van der Waals surface area contributed by atoms with Crippen LogP contribution in [0, 0.1) is 0 Å². The Kier molecular flexibility index (Phi) is 6.47. The summed E-state index contributed by atoms with van der Waals surface area (Å²) in [5.74, 6) is 0. The van der Waals surface area contributed by atoms with Crippen molar-refractivity contribution < 1.29 is 0 Å². The molecule has 1 aliphatic carbocycles. The molecule has 0 N–H and O–H groups in total. The number of para-hydroxylation sites is 2. The molecule has 6 aromatic carbocycles. The van der Waals surface area contributed by atoms with Gasteiger partial charge in [0.15, 0.2) is 0 Å². The third-order valence-corrected chi connectivity index (χ3v) is 10.6. The molecule has 228 valence electrons. The first-order valence-electron chi connectivity index (χ1n) is 17.2. The van der Waals surface area contributed by atoms with Gasteiger partial charge in [0, 0.05) is 33.9 Å². The smallest absolute Gasteiger partial charge is 0.333 e. The van der Waals surface area contributed by atoms with Crippen LogP contribution in [0.25, 0.3) is 22.3 Å². The SMILES string of the molecule is CC(C)(C)c1ccc(N2B3c4ccccc4N(c4cc5c(cc4-c4ccccc4)CCCC5)c4cccc(c43)-c3ccccc32)cc1. The molecule has 6 aromatic rings. The lowest BCUT2D eigenvalue weighted by Crippen LogP contribution is -2.61. The van der Waals surface area contributed by atoms with Gasteiger partial charge in [-0.15, -0.1) is 0 Å². The van der Waals surface area contributed by atoms with E-state index in [2.05, 4.69) is 164 Å². The Morgan fingerprint density at radius 1 is 0.532 bits per heavy atom. The lowest BCUT2D eigenvalue weighted by molar-refractivity contribution is 0.590. The maximum absolute atomic E-state index is 2.59. The minimum atomic E-state index is 0.0434. The topological polar surface area (TPSA) is 6.48 Å². The van der Waals surface area contributed by atoms with E-state index in [0.29, 0.717) is 0 Å². The number of aryl methyl sites for hydroxylation is 2. The predicted octanol–water partition coefficient (Wildman–Crippen LogP) is 10.2. The van der Waals surface area contributed by atoms with Gasteiger partial charge in [-0.05, 0) is 112 Å². The number of hydrogen-bond donors (Lipinski definition) is 0. The Morgan fingerprint density at radius 3 is 1.94 bits per heavy atom. The Labute approximate surface area is 279 Å². The molecule has 0 saturated carbocycles. The Hall–Kier alpha value is -5.02. The van der Waals surface area contributed by atoms with Crippen molar-refractivity contribution in [3.8, 4) is 22.3 Å². The summed E-state index contributed by atoms with van der Waals surface area (Å²) in [5.41, 5.74) is 18.6. The number of rotatable bonds is 3. The van der Waals surface area contributed by atoms with Crippen LogP contribution in [0.3, 0.4) is 0 Å². The van der Waals surface area contributed by atoms with E-state index in [-0.39, 0.29) is 12.3 Å². The van der Waals surface area contributed by atoms with Gasteiger partial charge in [0.1, 0.15) is 0 Å². The van der Waals surface area contributed by atoms with Crippen molar-refractivity contribution in [1.82, 2.24) is 0 Å². The van der Waals surface area contributed by atoms with Crippen molar-refractivity contribution in [3.05, 3.63) is 150 Å². The van der Waals surface area contributed by atoms with E-state index in [1.165, 1.54) is 91.1 Å². The summed E-state index contributed by atoms with van der Waals surface area (Å²) in [6, 6.07) is 50.4. The van der Waals surface area contributed by atoms with E-state index < -0.39 is 0 Å². The van der Waals surface area contributed by atoms with E-state index in [1.54, 1.807) is 0 Å². The van der Waals surface area contributed by atoms with E-state index in [4.69, 9.17) is 0 Å². The lowest BCUT2D eigenvalue weighted by Gasteiger charge is -2.46. The Morgan fingerprint density at radius 2 is 1.17 bits per heavy atom. The Balaban J connectivity index is 1.32. The average molecular weight is 607 g/mol. The molecule has 47 heavy (non-hydrogen) atoms. The molecule has 0 spiro atoms. The van der Waals surface area contributed by atoms with Crippen LogP contribution in [0.4, 0.5) is 28.4 Å². The number of hydrogen-bond acceptors (Lipinski definition) is 2. The second-order valence-electron chi connectivity index (χ2n) is 14.4. The van der Waals surface area contributed by atoms with Crippen molar-refractivity contribution in [2.24, 2.45) is 0 Å². The first-order valence-corrected chi connectivity index (χ1v) is 17.2. The normalized spacial score (nSPS) is 14.7. The minimum absolute atomic E-state index is 0.0434. The summed E-state index contributed by atoms with van der Waals surface area (Å²) >= 11 is 0. The number of anilines is 5. The molecule has 0 amide bonds. The van der Waals surface area contributed by atoms with Gasteiger partial charge in [0.25, 0.3) is 0 Å². The monoisotopic (exact) mass is 606 g/mol. The molecule has 3 heteroatoms. The quantitative estimate of drug-likeness (QED) is 0.185. The predicted molar refractivity (Wildman–Crippen MR) is 201 cm³/mol. The van der Waals surface area contributed by atoms with Gasteiger partial charge in [-0.2, -0.15) is 0 Å². The van der Waals surface area contributed by atoms with E-state index >= 15 is 0 Å². The molecule has 9 rings (SSSR count). The van der Waals surface area contributed by atoms with Gasteiger partial charge < -0.3 is 9.71 Å². The summed E-state index contributed by atoms with van der Waals surface area (Å²) in [6.45, 7) is 6.91. The molecular weight excluding hydrogens is 567 g/mol. The summed E-state index contributed by atoms with van der Waals surface area (Å²) < 4.78 is 0. The standard InChI is InChI=1S/C44H39BN2/c1-44(2,3)33-24-26-34(27-25-33)47-39-21-11-9-18-35(39)36-19-13-23-41-43(36)45(47)38-20-10-12-22-40(38)46(41)42-29-32-17-8-7-16-31(32)28-37(42)30-14-5-4-6-15-30/h4-6,9-15,18-29H,7-8,16-17H2,1-3H3. The number of benzene rings is 6. The highest BCUT2D eigenvalue weighted by atomic mass is 15.2. The third kappa shape index (κ3) is 4.47. The highest BCUT2D eigenvalue weighted by Gasteiger charge is 2.45. The zero-order chi connectivity index (χ0) is 31.7. The van der Waals surface area contributed by atoms with Gasteiger partial charge >= 0.3 is 6.85 Å². The average Bonchev–Trinajstić information content (AvgIpc) is 3.11. The van der Waals surface area contributed by atoms with Crippen molar-refractivity contribution in [1.29, 1.82) is 0 Å². The zero-order valence-corrected chi connectivity index (χ0v) is 27.5. The van der Waals surface area contributed by atoms with Gasteiger partial charge in [-0.3, -0.25) is 0 Å². The van der Waals surface area contributed by atoms with Crippen molar-refractivity contribution in [2.75, 3.05) is 9.71 Å². The van der Waals surface area contributed by atoms with Crippen LogP contribution in [0.5, 0.6) is 0 Å². The van der Waals surface area contributed by atoms with Crippen molar-refractivity contribution >= 4 is 46.2 Å². The first-order chi connectivity index (χ1) is 23.0. The van der Waals surface area contributed by atoms with Crippen LogP contribution in [0.2, 0.25) is 0 Å². The first kappa shape index (κ1) is 28.2. The fourth-order valence-corrected chi connectivity index (χ4v) is 8.27. The summed E-state index contributed by atoms with van der Waals surface area (Å²) in [5, 5.41) is 0. The molecular formula is C44H39BN2. The fourth-order valence-electron chi connectivity index (χ4n) is 8.27. The van der Waals surface area contributed by atoms with Gasteiger partial charge in [-0.1, -0.05) is 112 Å². The van der Waals surface area contributed by atoms with Crippen molar-refractivity contribution in [3.63, 3.8) is 0 Å². The molecule has 0 bridgehead atoms. The van der Waals surface area contributed by atoms with Crippen LogP contribution >= 0.6 is 0 Å². The molecule has 0 saturated heterocycles. The summed E-state index contributed by atoms with van der Waals surface area (Å²) in [4.78, 5) is 5.17. The molecule has 2 aliphatic heterocycles. The molecule has 2 nitrogen and oxygen atoms in total. The van der Waals surface area contributed by atoms with Gasteiger partial charge in [0.05, 0.1) is 5.69 Å². The molecule has 0 fully saturated rings. The van der Waals surface area contributed by atoms with E-state index in [0.717, 1.165) is 12.8 Å². The van der Waals surface area contributed by atoms with Crippen LogP contribution in [-0.2, 0) is 18.3 Å². The van der Waals surface area contributed by atoms with E-state index in [9.17, 15) is 0 Å². The van der Waals surface area contributed by atoms with Gasteiger partial charge in [0.2, 0.25) is 0 Å². The molecule has 2 heterocycles. The largest absolute Gasteiger partial charge is 0.376 e. The zero-order valence-electron chi connectivity index (χ0n) is 27.5. The maximum atomic E-state index is 2.59. The van der Waals surface area contributed by atoms with Crippen LogP contribution < -0.4 is 20.6 Å². The molecule has 0 atom stereocenters. The third-order valence-electron chi connectivity index (χ3n) is 10.6. The highest BCUT2D eigenvalue weighted by molar-refractivity contribution is 6.93. The minimum Gasteiger partial charge on any atom is -0.376 e.